The van der Waals surface area contributed by atoms with Crippen molar-refractivity contribution in [1.82, 2.24) is 5.32 Å². The number of aliphatic hydroxyl groups excluding tert-OH is 2. The highest BCUT2D eigenvalue weighted by Crippen LogP contribution is 2.07. The Morgan fingerprint density at radius 3 is 2.36 bits per heavy atom. The van der Waals surface area contributed by atoms with Crippen LogP contribution in [0.15, 0.2) is 0 Å². The molecule has 3 N–H and O–H groups in total. The van der Waals surface area contributed by atoms with Gasteiger partial charge in [0, 0.05) is 0 Å². The van der Waals surface area contributed by atoms with Gasteiger partial charge in [-0.1, -0.05) is 0 Å². The fourth-order valence-corrected chi connectivity index (χ4v) is 0.748. The van der Waals surface area contributed by atoms with E-state index in [0.29, 0.717) is 0 Å². The summed E-state index contributed by atoms with van der Waals surface area (Å²) in [6, 6.07) is -0.533. The lowest BCUT2D eigenvalue weighted by Gasteiger charge is -2.23. The van der Waals surface area contributed by atoms with Crippen molar-refractivity contribution in [3.8, 4) is 0 Å². The molecule has 0 bridgehead atoms. The van der Waals surface area contributed by atoms with Crippen LogP contribution in [0.2, 0.25) is 0 Å². The Morgan fingerprint density at radius 1 is 1.50 bits per heavy atom. The molecule has 0 aliphatic carbocycles. The van der Waals surface area contributed by atoms with Gasteiger partial charge in [-0.25, -0.2) is 4.79 Å². The first-order valence-electron chi connectivity index (χ1n) is 4.54. The van der Waals surface area contributed by atoms with Gasteiger partial charge in [0.05, 0.1) is 18.8 Å². The highest BCUT2D eigenvalue weighted by Gasteiger charge is 2.20. The fraction of sp³-hybridized carbons (Fsp3) is 0.889. The maximum Gasteiger partial charge on any atom is 0.407 e. The third kappa shape index (κ3) is 5.77. The van der Waals surface area contributed by atoms with Crippen LogP contribution in [0.1, 0.15) is 27.7 Å². The summed E-state index contributed by atoms with van der Waals surface area (Å²) in [5.41, 5.74) is -0.562. The van der Waals surface area contributed by atoms with Gasteiger partial charge >= 0.3 is 6.09 Å². The molecule has 2 atom stereocenters. The Morgan fingerprint density at radius 2 is 2.00 bits per heavy atom. The van der Waals surface area contributed by atoms with E-state index in [0.717, 1.165) is 0 Å². The highest BCUT2D eigenvalue weighted by atomic mass is 16.6. The number of carbonyl (C=O) groups is 1. The van der Waals surface area contributed by atoms with Crippen molar-refractivity contribution in [3.63, 3.8) is 0 Å². The molecule has 0 rings (SSSR count). The van der Waals surface area contributed by atoms with E-state index >= 15 is 0 Å². The minimum Gasteiger partial charge on any atom is -0.444 e. The van der Waals surface area contributed by atoms with Crippen LogP contribution in [0.4, 0.5) is 4.79 Å². The van der Waals surface area contributed by atoms with E-state index in [-0.39, 0.29) is 0 Å². The summed E-state index contributed by atoms with van der Waals surface area (Å²) in [5.74, 6) is 0. The summed E-state index contributed by atoms with van der Waals surface area (Å²) < 4.78 is 4.96. The molecule has 0 saturated carbocycles. The van der Waals surface area contributed by atoms with E-state index in [2.05, 4.69) is 5.32 Å². The first-order chi connectivity index (χ1) is 6.26. The van der Waals surface area contributed by atoms with Gasteiger partial charge in [0.1, 0.15) is 5.60 Å². The molecule has 0 aromatic carbocycles. The van der Waals surface area contributed by atoms with Crippen LogP contribution in [0.5, 0.6) is 0 Å². The molecular formula is C9H19NO4. The first kappa shape index (κ1) is 13.2. The van der Waals surface area contributed by atoms with Gasteiger partial charge in [-0.05, 0) is 27.7 Å². The van der Waals surface area contributed by atoms with Crippen molar-refractivity contribution in [1.29, 1.82) is 0 Å². The number of hydrogen-bond acceptors (Lipinski definition) is 4. The van der Waals surface area contributed by atoms with Crippen LogP contribution in [0, 0.1) is 0 Å². The zero-order valence-electron chi connectivity index (χ0n) is 9.07. The van der Waals surface area contributed by atoms with Gasteiger partial charge in [0.15, 0.2) is 0 Å². The Kier molecular flexibility index (Phi) is 4.87. The lowest BCUT2D eigenvalue weighted by molar-refractivity contribution is 0.0347. The van der Waals surface area contributed by atoms with Crippen molar-refractivity contribution in [2.24, 2.45) is 0 Å². The van der Waals surface area contributed by atoms with Crippen LogP contribution >= 0.6 is 0 Å². The van der Waals surface area contributed by atoms with Gasteiger partial charge in [-0.15, -0.1) is 0 Å². The van der Waals surface area contributed by atoms with Crippen molar-refractivity contribution in [2.75, 3.05) is 6.61 Å². The van der Waals surface area contributed by atoms with Crippen LogP contribution in [-0.4, -0.2) is 40.7 Å². The Hall–Kier alpha value is -0.810. The lowest BCUT2D eigenvalue weighted by Crippen LogP contribution is -2.44. The molecule has 0 aromatic rings. The monoisotopic (exact) mass is 205 g/mol. The van der Waals surface area contributed by atoms with E-state index in [1.165, 1.54) is 0 Å². The zero-order chi connectivity index (χ0) is 11.4. The van der Waals surface area contributed by atoms with Crippen molar-refractivity contribution in [3.05, 3.63) is 0 Å². The minimum atomic E-state index is -0.970. The molecule has 0 spiro atoms. The van der Waals surface area contributed by atoms with Gasteiger partial charge in [-0.3, -0.25) is 0 Å². The summed E-state index contributed by atoms with van der Waals surface area (Å²) in [6.07, 6.45) is -1.57. The molecular weight excluding hydrogens is 186 g/mol. The van der Waals surface area contributed by atoms with Gasteiger partial charge in [-0.2, -0.15) is 0 Å². The number of alkyl carbamates (subject to hydrolysis) is 1. The lowest BCUT2D eigenvalue weighted by atomic mass is 10.2. The van der Waals surface area contributed by atoms with E-state index in [1.54, 1.807) is 27.7 Å². The summed E-state index contributed by atoms with van der Waals surface area (Å²) in [6.45, 7) is 6.45. The minimum absolute atomic E-state index is 0.392. The second-order valence-electron chi connectivity index (χ2n) is 4.18. The van der Waals surface area contributed by atoms with Crippen LogP contribution in [0.25, 0.3) is 0 Å². The van der Waals surface area contributed by atoms with E-state index < -0.39 is 30.4 Å². The number of amides is 1. The molecule has 0 heterocycles. The van der Waals surface area contributed by atoms with Crippen LogP contribution in [0.3, 0.4) is 0 Å². The standard InChI is InChI=1S/C9H19NO4/c1-6(7(12)5-11)10-8(13)14-9(2,3)4/h6-7,11-12H,5H2,1-4H3,(H,10,13)/t6-,7-/m0/s1. The largest absolute Gasteiger partial charge is 0.444 e. The zero-order valence-corrected chi connectivity index (χ0v) is 9.07. The summed E-state index contributed by atoms with van der Waals surface area (Å²) >= 11 is 0. The third-order valence-electron chi connectivity index (χ3n) is 1.51. The number of carbonyl (C=O) groups excluding carboxylic acids is 1. The van der Waals surface area contributed by atoms with E-state index in [1.807, 2.05) is 0 Å². The molecule has 0 fully saturated rings. The van der Waals surface area contributed by atoms with Crippen LogP contribution < -0.4 is 5.32 Å². The van der Waals surface area contributed by atoms with Crippen LogP contribution in [-0.2, 0) is 4.74 Å². The average molecular weight is 205 g/mol. The summed E-state index contributed by atoms with van der Waals surface area (Å²) in [7, 11) is 0. The molecule has 0 aromatic heterocycles. The maximum atomic E-state index is 11.2. The van der Waals surface area contributed by atoms with Crippen molar-refractivity contribution in [2.45, 2.75) is 45.4 Å². The van der Waals surface area contributed by atoms with Gasteiger partial charge < -0.3 is 20.3 Å². The quantitative estimate of drug-likeness (QED) is 0.617. The maximum absolute atomic E-state index is 11.2. The number of nitrogens with one attached hydrogen (secondary N) is 1. The smallest absolute Gasteiger partial charge is 0.407 e. The second kappa shape index (κ2) is 5.17. The summed E-state index contributed by atoms with van der Waals surface area (Å²) in [5, 5.41) is 20.2. The third-order valence-corrected chi connectivity index (χ3v) is 1.51. The molecule has 14 heavy (non-hydrogen) atoms. The van der Waals surface area contributed by atoms with E-state index in [9.17, 15) is 4.79 Å². The van der Waals surface area contributed by atoms with E-state index in [4.69, 9.17) is 14.9 Å². The molecule has 0 saturated heterocycles. The predicted molar refractivity (Wildman–Crippen MR) is 51.9 cm³/mol. The topological polar surface area (TPSA) is 78.8 Å². The molecule has 84 valence electrons. The summed E-state index contributed by atoms with van der Waals surface area (Å²) in [4.78, 5) is 11.2. The molecule has 0 aliphatic heterocycles. The number of hydrogen-bond donors (Lipinski definition) is 3. The molecule has 0 aliphatic rings. The SMILES string of the molecule is C[C@H](NC(=O)OC(C)(C)C)[C@@H](O)CO. The predicted octanol–water partition coefficient (Wildman–Crippen LogP) is 0.253. The van der Waals surface area contributed by atoms with Gasteiger partial charge in [0.25, 0.3) is 0 Å². The van der Waals surface area contributed by atoms with Crippen molar-refractivity contribution >= 4 is 6.09 Å². The number of rotatable bonds is 3. The van der Waals surface area contributed by atoms with Gasteiger partial charge in [0.2, 0.25) is 0 Å². The Bertz CT molecular complexity index is 188. The molecule has 5 nitrogen and oxygen atoms in total. The fourth-order valence-electron chi connectivity index (χ4n) is 0.748. The van der Waals surface area contributed by atoms with Crippen molar-refractivity contribution < 1.29 is 19.7 Å². The molecule has 0 unspecified atom stereocenters. The normalized spacial score (nSPS) is 15.9. The number of aliphatic hydroxyl groups is 2. The average Bonchev–Trinajstić information content (AvgIpc) is 1.99. The number of ether oxygens (including phenoxy) is 1. The second-order valence-corrected chi connectivity index (χ2v) is 4.18. The Balaban J connectivity index is 3.95. The highest BCUT2D eigenvalue weighted by molar-refractivity contribution is 5.68. The Labute approximate surface area is 84.1 Å². The molecule has 1 amide bonds. The molecule has 5 heteroatoms. The molecule has 0 radical (unpaired) electrons. The first-order valence-corrected chi connectivity index (χ1v) is 4.54.